The lowest BCUT2D eigenvalue weighted by molar-refractivity contribution is -0.116. The van der Waals surface area contributed by atoms with Crippen molar-refractivity contribution in [2.75, 3.05) is 23.7 Å². The Kier molecular flexibility index (Phi) is 6.95. The van der Waals surface area contributed by atoms with E-state index in [2.05, 4.69) is 11.4 Å². The van der Waals surface area contributed by atoms with Gasteiger partial charge in [-0.15, -0.1) is 11.8 Å². The molecule has 0 radical (unpaired) electrons. The molecule has 0 aromatic heterocycles. The maximum atomic E-state index is 12.8. The smallest absolute Gasteiger partial charge is 0.252 e. The van der Waals surface area contributed by atoms with Gasteiger partial charge in [0.25, 0.3) is 5.91 Å². The van der Waals surface area contributed by atoms with Gasteiger partial charge in [-0.25, -0.2) is 0 Å². The van der Waals surface area contributed by atoms with Crippen LogP contribution in [0.3, 0.4) is 0 Å². The predicted octanol–water partition coefficient (Wildman–Crippen LogP) is 4.99. The molecule has 0 bridgehead atoms. The zero-order chi connectivity index (χ0) is 21.6. The fourth-order valence-electron chi connectivity index (χ4n) is 3.66. The van der Waals surface area contributed by atoms with Gasteiger partial charge in [-0.3, -0.25) is 9.59 Å². The Morgan fingerprint density at radius 3 is 2.55 bits per heavy atom. The third kappa shape index (κ3) is 5.30. The Balaban J connectivity index is 1.34. The number of hydrogen-bond donors (Lipinski definition) is 1. The van der Waals surface area contributed by atoms with Crippen LogP contribution in [0, 0.1) is 0 Å². The molecule has 1 aliphatic rings. The van der Waals surface area contributed by atoms with E-state index in [4.69, 9.17) is 11.6 Å². The fourth-order valence-corrected chi connectivity index (χ4v) is 4.71. The summed E-state index contributed by atoms with van der Waals surface area (Å²) < 4.78 is 0. The van der Waals surface area contributed by atoms with Crippen LogP contribution in [0.25, 0.3) is 0 Å². The number of amides is 2. The molecule has 0 atom stereocenters. The number of carbonyl (C=O) groups excluding carboxylic acids is 2. The molecule has 0 saturated carbocycles. The molecule has 0 fully saturated rings. The summed E-state index contributed by atoms with van der Waals surface area (Å²) in [6.45, 7) is 1.24. The number of thioether (sulfide) groups is 1. The van der Waals surface area contributed by atoms with Gasteiger partial charge >= 0.3 is 0 Å². The van der Waals surface area contributed by atoms with Gasteiger partial charge in [0.2, 0.25) is 5.91 Å². The minimum atomic E-state index is -0.129. The van der Waals surface area contributed by atoms with E-state index in [1.54, 1.807) is 6.07 Å². The fraction of sp³-hybridized carbons (Fsp3) is 0.200. The van der Waals surface area contributed by atoms with Crippen LogP contribution in [0.5, 0.6) is 0 Å². The van der Waals surface area contributed by atoms with Gasteiger partial charge in [0.15, 0.2) is 0 Å². The molecule has 1 N–H and O–H groups in total. The first kappa shape index (κ1) is 21.5. The number of rotatable bonds is 7. The second kappa shape index (κ2) is 10.0. The standard InChI is InChI=1S/C25H23ClN2O2S/c26-20-11-9-18(10-12-20)13-15-27-25(30)21-6-2-4-8-23(21)31-17-24(29)28-16-14-19-5-1-3-7-22(19)28/h1-12H,13-17H2,(H,27,30). The van der Waals surface area contributed by atoms with Crippen LogP contribution in [0.15, 0.2) is 77.7 Å². The van der Waals surface area contributed by atoms with Crippen LogP contribution >= 0.6 is 23.4 Å². The zero-order valence-corrected chi connectivity index (χ0v) is 18.6. The summed E-state index contributed by atoms with van der Waals surface area (Å²) in [5.41, 5.74) is 3.92. The number of para-hydroxylation sites is 1. The van der Waals surface area contributed by atoms with Crippen LogP contribution < -0.4 is 10.2 Å². The maximum absolute atomic E-state index is 12.8. The number of carbonyl (C=O) groups is 2. The molecule has 2 amide bonds. The van der Waals surface area contributed by atoms with E-state index in [1.165, 1.54) is 17.3 Å². The van der Waals surface area contributed by atoms with E-state index >= 15 is 0 Å². The van der Waals surface area contributed by atoms with E-state index in [1.807, 2.05) is 65.6 Å². The Morgan fingerprint density at radius 2 is 1.71 bits per heavy atom. The Hall–Kier alpha value is -2.76. The molecule has 31 heavy (non-hydrogen) atoms. The first-order chi connectivity index (χ1) is 15.1. The summed E-state index contributed by atoms with van der Waals surface area (Å²) in [5.74, 6) is 0.229. The van der Waals surface area contributed by atoms with Crippen LogP contribution in [-0.4, -0.2) is 30.7 Å². The highest BCUT2D eigenvalue weighted by atomic mass is 35.5. The van der Waals surface area contributed by atoms with Crippen molar-refractivity contribution in [3.05, 3.63) is 94.5 Å². The van der Waals surface area contributed by atoms with Crippen molar-refractivity contribution in [2.24, 2.45) is 0 Å². The third-order valence-electron chi connectivity index (χ3n) is 5.28. The molecular weight excluding hydrogens is 428 g/mol. The highest BCUT2D eigenvalue weighted by molar-refractivity contribution is 8.00. The number of hydrogen-bond acceptors (Lipinski definition) is 3. The summed E-state index contributed by atoms with van der Waals surface area (Å²) in [7, 11) is 0. The summed E-state index contributed by atoms with van der Waals surface area (Å²) in [6, 6.07) is 23.1. The molecule has 1 heterocycles. The van der Waals surface area contributed by atoms with Gasteiger partial charge in [-0.05, 0) is 54.3 Å². The van der Waals surface area contributed by atoms with Gasteiger partial charge in [0.1, 0.15) is 0 Å². The van der Waals surface area contributed by atoms with Crippen molar-refractivity contribution in [1.82, 2.24) is 5.32 Å². The zero-order valence-electron chi connectivity index (χ0n) is 17.0. The lowest BCUT2D eigenvalue weighted by Crippen LogP contribution is -2.30. The molecule has 0 saturated heterocycles. The monoisotopic (exact) mass is 450 g/mol. The normalized spacial score (nSPS) is 12.5. The second-order valence-corrected chi connectivity index (χ2v) is 8.79. The molecule has 158 valence electrons. The predicted molar refractivity (Wildman–Crippen MR) is 127 cm³/mol. The second-order valence-electron chi connectivity index (χ2n) is 7.34. The Labute approximate surface area is 191 Å². The van der Waals surface area contributed by atoms with Crippen LogP contribution in [0.2, 0.25) is 5.02 Å². The van der Waals surface area contributed by atoms with Crippen LogP contribution in [0.4, 0.5) is 5.69 Å². The van der Waals surface area contributed by atoms with Crippen molar-refractivity contribution >= 4 is 40.9 Å². The molecule has 4 rings (SSSR count). The number of nitrogens with one attached hydrogen (secondary N) is 1. The lowest BCUT2D eigenvalue weighted by atomic mass is 10.1. The van der Waals surface area contributed by atoms with E-state index < -0.39 is 0 Å². The minimum Gasteiger partial charge on any atom is -0.352 e. The average molecular weight is 451 g/mol. The van der Waals surface area contributed by atoms with Gasteiger partial charge in [-0.1, -0.05) is 54.1 Å². The van der Waals surface area contributed by atoms with Crippen molar-refractivity contribution in [3.8, 4) is 0 Å². The van der Waals surface area contributed by atoms with Crippen molar-refractivity contribution in [2.45, 2.75) is 17.7 Å². The highest BCUT2D eigenvalue weighted by Crippen LogP contribution is 2.29. The quantitative estimate of drug-likeness (QED) is 0.515. The largest absolute Gasteiger partial charge is 0.352 e. The molecule has 3 aromatic carbocycles. The molecule has 4 nitrogen and oxygen atoms in total. The molecule has 6 heteroatoms. The summed E-state index contributed by atoms with van der Waals surface area (Å²) in [4.78, 5) is 28.2. The van der Waals surface area contributed by atoms with Gasteiger partial charge < -0.3 is 10.2 Å². The summed E-state index contributed by atoms with van der Waals surface area (Å²) in [5, 5.41) is 3.68. The van der Waals surface area contributed by atoms with Gasteiger partial charge in [-0.2, -0.15) is 0 Å². The number of fused-ring (bicyclic) bond motifs is 1. The van der Waals surface area contributed by atoms with E-state index in [0.717, 1.165) is 29.0 Å². The van der Waals surface area contributed by atoms with Crippen LogP contribution in [0.1, 0.15) is 21.5 Å². The molecule has 0 unspecified atom stereocenters. The summed E-state index contributed by atoms with van der Waals surface area (Å²) in [6.07, 6.45) is 1.62. The van der Waals surface area contributed by atoms with E-state index in [0.29, 0.717) is 29.4 Å². The van der Waals surface area contributed by atoms with Crippen molar-refractivity contribution < 1.29 is 9.59 Å². The van der Waals surface area contributed by atoms with Gasteiger partial charge in [0, 0.05) is 28.7 Å². The van der Waals surface area contributed by atoms with Crippen LogP contribution in [-0.2, 0) is 17.6 Å². The first-order valence-corrected chi connectivity index (χ1v) is 11.6. The van der Waals surface area contributed by atoms with Crippen molar-refractivity contribution in [1.29, 1.82) is 0 Å². The topological polar surface area (TPSA) is 49.4 Å². The van der Waals surface area contributed by atoms with Crippen molar-refractivity contribution in [3.63, 3.8) is 0 Å². The number of benzene rings is 3. The summed E-state index contributed by atoms with van der Waals surface area (Å²) >= 11 is 7.32. The van der Waals surface area contributed by atoms with E-state index in [9.17, 15) is 9.59 Å². The minimum absolute atomic E-state index is 0.0629. The Bertz CT molecular complexity index is 1080. The molecule has 1 aliphatic heterocycles. The van der Waals surface area contributed by atoms with Gasteiger partial charge in [0.05, 0.1) is 11.3 Å². The average Bonchev–Trinajstić information content (AvgIpc) is 3.23. The first-order valence-electron chi connectivity index (χ1n) is 10.2. The number of anilines is 1. The third-order valence-corrected chi connectivity index (χ3v) is 6.59. The molecular formula is C25H23ClN2O2S. The molecule has 0 aliphatic carbocycles. The lowest BCUT2D eigenvalue weighted by Gasteiger charge is -2.17. The number of halogens is 1. The van der Waals surface area contributed by atoms with E-state index in [-0.39, 0.29) is 11.8 Å². The molecule has 3 aromatic rings. The number of nitrogens with zero attached hydrogens (tertiary/aromatic N) is 1. The maximum Gasteiger partial charge on any atom is 0.252 e. The highest BCUT2D eigenvalue weighted by Gasteiger charge is 2.24. The Morgan fingerprint density at radius 1 is 0.968 bits per heavy atom. The SMILES string of the molecule is O=C(NCCc1ccc(Cl)cc1)c1ccccc1SCC(=O)N1CCc2ccccc21. The molecule has 0 spiro atoms.